The van der Waals surface area contributed by atoms with Crippen LogP contribution >= 0.6 is 23.2 Å². The Labute approximate surface area is 126 Å². The van der Waals surface area contributed by atoms with Crippen molar-refractivity contribution in [2.45, 2.75) is 12.5 Å². The number of benzene rings is 1. The summed E-state index contributed by atoms with van der Waals surface area (Å²) in [6.07, 6.45) is 4.34. The quantitative estimate of drug-likeness (QED) is 0.626. The Morgan fingerprint density at radius 3 is 2.60 bits per heavy atom. The lowest BCUT2D eigenvalue weighted by molar-refractivity contribution is -0.141. The van der Waals surface area contributed by atoms with Gasteiger partial charge in [-0.25, -0.2) is 4.79 Å². The minimum Gasteiger partial charge on any atom is -0.480 e. The molecule has 106 valence electrons. The van der Waals surface area contributed by atoms with Gasteiger partial charge in [-0.3, -0.25) is 4.79 Å². The minimum atomic E-state index is -1.11. The van der Waals surface area contributed by atoms with E-state index < -0.39 is 17.9 Å². The number of carboxylic acid groups (broad SMARTS) is 1. The SMILES string of the molecule is C=CCC(NC(=O)/C=C/c1ccc(Cl)c(Cl)c1)C(=O)O. The Bertz CT molecular complexity index is 555. The second kappa shape index (κ2) is 7.72. The normalized spacial score (nSPS) is 12.1. The summed E-state index contributed by atoms with van der Waals surface area (Å²) in [6, 6.07) is 3.92. The highest BCUT2D eigenvalue weighted by Gasteiger charge is 2.16. The number of hydrogen-bond donors (Lipinski definition) is 2. The van der Waals surface area contributed by atoms with E-state index in [0.29, 0.717) is 15.6 Å². The summed E-state index contributed by atoms with van der Waals surface area (Å²) < 4.78 is 0. The molecule has 0 saturated carbocycles. The first-order valence-electron chi connectivity index (χ1n) is 5.71. The minimum absolute atomic E-state index is 0.154. The van der Waals surface area contributed by atoms with E-state index in [1.807, 2.05) is 0 Å². The van der Waals surface area contributed by atoms with Crippen LogP contribution in [0.2, 0.25) is 10.0 Å². The Morgan fingerprint density at radius 1 is 1.35 bits per heavy atom. The van der Waals surface area contributed by atoms with Crippen LogP contribution in [0.15, 0.2) is 36.9 Å². The molecule has 2 N–H and O–H groups in total. The molecule has 1 aromatic carbocycles. The Kier molecular flexibility index (Phi) is 6.28. The van der Waals surface area contributed by atoms with Gasteiger partial charge in [-0.15, -0.1) is 6.58 Å². The van der Waals surface area contributed by atoms with Crippen LogP contribution in [-0.2, 0) is 9.59 Å². The van der Waals surface area contributed by atoms with Crippen LogP contribution in [0.25, 0.3) is 6.08 Å². The van der Waals surface area contributed by atoms with Crippen molar-refractivity contribution in [2.24, 2.45) is 0 Å². The summed E-state index contributed by atoms with van der Waals surface area (Å²) in [5.41, 5.74) is 0.685. The van der Waals surface area contributed by atoms with Crippen molar-refractivity contribution >= 4 is 41.2 Å². The van der Waals surface area contributed by atoms with Gasteiger partial charge in [0, 0.05) is 6.08 Å². The number of aliphatic carboxylic acids is 1. The first kappa shape index (κ1) is 16.3. The van der Waals surface area contributed by atoms with Crippen molar-refractivity contribution in [1.29, 1.82) is 0 Å². The highest BCUT2D eigenvalue weighted by molar-refractivity contribution is 6.42. The summed E-state index contributed by atoms with van der Waals surface area (Å²) in [4.78, 5) is 22.5. The van der Waals surface area contributed by atoms with Crippen molar-refractivity contribution < 1.29 is 14.7 Å². The number of carboxylic acids is 1. The van der Waals surface area contributed by atoms with E-state index in [1.54, 1.807) is 18.2 Å². The third-order valence-electron chi connectivity index (χ3n) is 2.39. The lowest BCUT2D eigenvalue weighted by Crippen LogP contribution is -2.39. The molecule has 0 aromatic heterocycles. The number of rotatable bonds is 6. The lowest BCUT2D eigenvalue weighted by Gasteiger charge is -2.10. The first-order chi connectivity index (χ1) is 9.43. The van der Waals surface area contributed by atoms with E-state index in [0.717, 1.165) is 0 Å². The van der Waals surface area contributed by atoms with Gasteiger partial charge in [0.1, 0.15) is 6.04 Å². The molecule has 0 aliphatic carbocycles. The molecular formula is C14H13Cl2NO3. The smallest absolute Gasteiger partial charge is 0.326 e. The lowest BCUT2D eigenvalue weighted by atomic mass is 10.2. The molecular weight excluding hydrogens is 301 g/mol. The van der Waals surface area contributed by atoms with Gasteiger partial charge in [0.15, 0.2) is 0 Å². The maximum absolute atomic E-state index is 11.6. The van der Waals surface area contributed by atoms with Crippen LogP contribution in [0.4, 0.5) is 0 Å². The number of carbonyl (C=O) groups excluding carboxylic acids is 1. The van der Waals surface area contributed by atoms with E-state index in [4.69, 9.17) is 28.3 Å². The van der Waals surface area contributed by atoms with Crippen LogP contribution in [-0.4, -0.2) is 23.0 Å². The molecule has 1 atom stereocenters. The molecule has 0 heterocycles. The van der Waals surface area contributed by atoms with Gasteiger partial charge in [-0.2, -0.15) is 0 Å². The summed E-state index contributed by atoms with van der Waals surface area (Å²) in [7, 11) is 0. The average molecular weight is 314 g/mol. The molecule has 0 saturated heterocycles. The first-order valence-corrected chi connectivity index (χ1v) is 6.47. The summed E-state index contributed by atoms with van der Waals surface area (Å²) in [5, 5.41) is 12.0. The number of carbonyl (C=O) groups is 2. The largest absolute Gasteiger partial charge is 0.480 e. The Hall–Kier alpha value is -1.78. The van der Waals surface area contributed by atoms with Gasteiger partial charge in [0.05, 0.1) is 10.0 Å². The molecule has 1 unspecified atom stereocenters. The molecule has 0 fully saturated rings. The number of nitrogens with one attached hydrogen (secondary N) is 1. The number of halogens is 2. The van der Waals surface area contributed by atoms with Crippen LogP contribution in [0.5, 0.6) is 0 Å². The standard InChI is InChI=1S/C14H13Cl2NO3/c1-2-3-12(14(19)20)17-13(18)7-5-9-4-6-10(15)11(16)8-9/h2,4-8,12H,1,3H2,(H,17,18)(H,19,20)/b7-5+. The van der Waals surface area contributed by atoms with E-state index in [9.17, 15) is 9.59 Å². The molecule has 1 aromatic rings. The van der Waals surface area contributed by atoms with Gasteiger partial charge in [0.2, 0.25) is 5.91 Å². The average Bonchev–Trinajstić information content (AvgIpc) is 2.39. The summed E-state index contributed by atoms with van der Waals surface area (Å²) in [5.74, 6) is -1.62. The topological polar surface area (TPSA) is 66.4 Å². The fraction of sp³-hybridized carbons (Fsp3) is 0.143. The van der Waals surface area contributed by atoms with E-state index in [2.05, 4.69) is 11.9 Å². The fourth-order valence-electron chi connectivity index (χ4n) is 1.40. The van der Waals surface area contributed by atoms with E-state index >= 15 is 0 Å². The fourth-order valence-corrected chi connectivity index (χ4v) is 1.70. The number of hydrogen-bond acceptors (Lipinski definition) is 2. The maximum atomic E-state index is 11.6. The van der Waals surface area contributed by atoms with Crippen molar-refractivity contribution in [1.82, 2.24) is 5.32 Å². The van der Waals surface area contributed by atoms with Crippen molar-refractivity contribution in [2.75, 3.05) is 0 Å². The molecule has 0 spiro atoms. The second-order valence-corrected chi connectivity index (χ2v) is 4.75. The monoisotopic (exact) mass is 313 g/mol. The van der Waals surface area contributed by atoms with E-state index in [1.165, 1.54) is 18.2 Å². The van der Waals surface area contributed by atoms with Crippen LogP contribution < -0.4 is 5.32 Å². The molecule has 1 amide bonds. The highest BCUT2D eigenvalue weighted by atomic mass is 35.5. The third-order valence-corrected chi connectivity index (χ3v) is 3.13. The number of amides is 1. The maximum Gasteiger partial charge on any atom is 0.326 e. The van der Waals surface area contributed by atoms with Crippen molar-refractivity contribution in [3.63, 3.8) is 0 Å². The van der Waals surface area contributed by atoms with Gasteiger partial charge in [-0.1, -0.05) is 35.3 Å². The molecule has 1 rings (SSSR count). The zero-order valence-electron chi connectivity index (χ0n) is 10.5. The second-order valence-electron chi connectivity index (χ2n) is 3.93. The molecule has 0 bridgehead atoms. The van der Waals surface area contributed by atoms with Gasteiger partial charge in [0.25, 0.3) is 0 Å². The predicted octanol–water partition coefficient (Wildman–Crippen LogP) is 3.15. The van der Waals surface area contributed by atoms with Crippen LogP contribution in [0.1, 0.15) is 12.0 Å². The molecule has 6 heteroatoms. The zero-order chi connectivity index (χ0) is 15.1. The Morgan fingerprint density at radius 2 is 2.05 bits per heavy atom. The van der Waals surface area contributed by atoms with E-state index in [-0.39, 0.29) is 6.42 Å². The Balaban J connectivity index is 2.69. The van der Waals surface area contributed by atoms with Crippen molar-refractivity contribution in [3.8, 4) is 0 Å². The molecule has 20 heavy (non-hydrogen) atoms. The molecule has 0 aliphatic rings. The van der Waals surface area contributed by atoms with Gasteiger partial charge >= 0.3 is 5.97 Å². The molecule has 0 radical (unpaired) electrons. The zero-order valence-corrected chi connectivity index (χ0v) is 12.0. The highest BCUT2D eigenvalue weighted by Crippen LogP contribution is 2.23. The molecule has 0 aliphatic heterocycles. The summed E-state index contributed by atoms with van der Waals surface area (Å²) in [6.45, 7) is 3.44. The van der Waals surface area contributed by atoms with Gasteiger partial charge < -0.3 is 10.4 Å². The summed E-state index contributed by atoms with van der Waals surface area (Å²) >= 11 is 11.6. The van der Waals surface area contributed by atoms with Crippen LogP contribution in [0.3, 0.4) is 0 Å². The molecule has 4 nitrogen and oxygen atoms in total. The predicted molar refractivity (Wildman–Crippen MR) is 79.9 cm³/mol. The van der Waals surface area contributed by atoms with Gasteiger partial charge in [-0.05, 0) is 30.2 Å². The van der Waals surface area contributed by atoms with Crippen molar-refractivity contribution in [3.05, 3.63) is 52.5 Å². The third kappa shape index (κ3) is 5.07. The van der Waals surface area contributed by atoms with Crippen LogP contribution in [0, 0.1) is 0 Å².